The van der Waals surface area contributed by atoms with Gasteiger partial charge in [-0.05, 0) is 25.1 Å². The van der Waals surface area contributed by atoms with Crippen molar-refractivity contribution >= 4 is 29.4 Å². The molecule has 0 radical (unpaired) electrons. The zero-order chi connectivity index (χ0) is 21.8. The number of carbonyl (C=O) groups excluding carboxylic acids is 1. The number of rotatable bonds is 2. The predicted octanol–water partition coefficient (Wildman–Crippen LogP) is 2.77. The molecule has 0 saturated carbocycles. The van der Waals surface area contributed by atoms with Crippen LogP contribution in [0.2, 0.25) is 0 Å². The number of nitrogens with two attached hydrogens (primary N) is 1. The number of nitrogens with zero attached hydrogens (tertiary/aromatic N) is 5. The molecular formula is C21H18FN7OS. The number of hydrogen-bond donors (Lipinski definition) is 2. The van der Waals surface area contributed by atoms with Gasteiger partial charge in [-0.3, -0.25) is 9.88 Å². The molecule has 3 aromatic rings. The predicted molar refractivity (Wildman–Crippen MR) is 116 cm³/mol. The molecular weight excluding hydrogens is 417 g/mol. The average Bonchev–Trinajstić information content (AvgIpc) is 2.78. The van der Waals surface area contributed by atoms with Crippen LogP contribution in [0, 0.1) is 17.7 Å². The van der Waals surface area contributed by atoms with E-state index in [9.17, 15) is 9.18 Å². The van der Waals surface area contributed by atoms with Crippen molar-refractivity contribution in [3.63, 3.8) is 0 Å². The Labute approximate surface area is 182 Å². The number of nitrogens with one attached hydrogen (secondary N) is 1. The second kappa shape index (κ2) is 8.97. The van der Waals surface area contributed by atoms with E-state index in [0.29, 0.717) is 29.1 Å². The first kappa shape index (κ1) is 20.6. The molecule has 1 aliphatic heterocycles. The fourth-order valence-corrected chi connectivity index (χ4v) is 3.82. The Bertz CT molecular complexity index is 1160. The molecule has 1 atom stereocenters. The summed E-state index contributed by atoms with van der Waals surface area (Å²) in [6.45, 7) is 2.32. The van der Waals surface area contributed by atoms with Crippen molar-refractivity contribution in [2.24, 2.45) is 0 Å². The highest BCUT2D eigenvalue weighted by Gasteiger charge is 2.25. The first-order valence-electron chi connectivity index (χ1n) is 9.41. The quantitative estimate of drug-likeness (QED) is 0.596. The number of nitrogen functional groups attached to an aromatic ring is 1. The van der Waals surface area contributed by atoms with Crippen molar-refractivity contribution < 1.29 is 9.18 Å². The lowest BCUT2D eigenvalue weighted by molar-refractivity contribution is 0.243. The van der Waals surface area contributed by atoms with Crippen LogP contribution in [0.3, 0.4) is 0 Å². The minimum absolute atomic E-state index is 0.185. The van der Waals surface area contributed by atoms with E-state index in [2.05, 4.69) is 37.1 Å². The molecule has 31 heavy (non-hydrogen) atoms. The zero-order valence-corrected chi connectivity index (χ0v) is 17.4. The molecule has 4 rings (SSSR count). The summed E-state index contributed by atoms with van der Waals surface area (Å²) in [7, 11) is 0. The maximum Gasteiger partial charge on any atom is 0.322 e. The first-order chi connectivity index (χ1) is 15.0. The minimum atomic E-state index is -0.422. The number of amides is 2. The molecule has 0 unspecified atom stereocenters. The Morgan fingerprint density at radius 2 is 1.90 bits per heavy atom. The lowest BCUT2D eigenvalue weighted by atomic mass is 10.2. The summed E-state index contributed by atoms with van der Waals surface area (Å²) < 4.78 is 13.1. The van der Waals surface area contributed by atoms with E-state index < -0.39 is 5.82 Å². The molecule has 8 nitrogen and oxygen atoms in total. The second-order valence-electron chi connectivity index (χ2n) is 6.70. The number of halogens is 1. The van der Waals surface area contributed by atoms with Gasteiger partial charge in [0.1, 0.15) is 10.8 Å². The Morgan fingerprint density at radius 1 is 1.16 bits per heavy atom. The number of hydrogen-bond acceptors (Lipinski definition) is 7. The Kier molecular flexibility index (Phi) is 5.95. The molecule has 0 saturated heterocycles. The highest BCUT2D eigenvalue weighted by Crippen LogP contribution is 2.33. The van der Waals surface area contributed by atoms with Gasteiger partial charge in [0.25, 0.3) is 0 Å². The van der Waals surface area contributed by atoms with E-state index in [1.54, 1.807) is 48.2 Å². The van der Waals surface area contributed by atoms with Gasteiger partial charge >= 0.3 is 6.03 Å². The number of anilines is 2. The Morgan fingerprint density at radius 3 is 2.65 bits per heavy atom. The number of thioether (sulfide) groups is 1. The molecule has 3 N–H and O–H groups in total. The van der Waals surface area contributed by atoms with Gasteiger partial charge in [0.2, 0.25) is 5.95 Å². The molecule has 0 aliphatic carbocycles. The van der Waals surface area contributed by atoms with Crippen LogP contribution in [-0.4, -0.2) is 38.3 Å². The fraction of sp³-hybridized carbons (Fsp3) is 0.190. The van der Waals surface area contributed by atoms with Crippen molar-refractivity contribution in [2.45, 2.75) is 18.0 Å². The van der Waals surface area contributed by atoms with Gasteiger partial charge in [-0.25, -0.2) is 24.1 Å². The van der Waals surface area contributed by atoms with E-state index in [4.69, 9.17) is 5.73 Å². The third-order valence-corrected chi connectivity index (χ3v) is 5.45. The van der Waals surface area contributed by atoms with Gasteiger partial charge in [-0.15, -0.1) is 11.8 Å². The third-order valence-electron chi connectivity index (χ3n) is 4.48. The standard InChI is InChI=1S/C21H18FN7OS/c1-13(17-5-4-16(22)12-24-17)28-21(30)29-6-7-31-19-18(29)8-14(9-25-19)2-3-15-10-26-20(23)27-11-15/h4-5,8-13H,6-7H2,1H3,(H,28,30)(H2,23,26,27)/t13-/m0/s1. The monoisotopic (exact) mass is 435 g/mol. The molecule has 0 bridgehead atoms. The van der Waals surface area contributed by atoms with E-state index >= 15 is 0 Å². The molecule has 4 heterocycles. The maximum absolute atomic E-state index is 13.1. The molecule has 3 aromatic heterocycles. The lowest BCUT2D eigenvalue weighted by Gasteiger charge is -2.29. The smallest absolute Gasteiger partial charge is 0.322 e. The van der Waals surface area contributed by atoms with Crippen molar-refractivity contribution in [2.75, 3.05) is 22.9 Å². The van der Waals surface area contributed by atoms with Crippen LogP contribution in [-0.2, 0) is 0 Å². The normalized spacial score (nSPS) is 13.5. The SMILES string of the molecule is C[C@H](NC(=O)N1CCSc2ncc(C#Cc3cnc(N)nc3)cc21)c1ccc(F)cn1. The lowest BCUT2D eigenvalue weighted by Crippen LogP contribution is -2.44. The summed E-state index contributed by atoms with van der Waals surface area (Å²) in [4.78, 5) is 30.9. The summed E-state index contributed by atoms with van der Waals surface area (Å²) >= 11 is 1.58. The van der Waals surface area contributed by atoms with E-state index in [1.165, 1.54) is 6.07 Å². The summed E-state index contributed by atoms with van der Waals surface area (Å²) in [6, 6.07) is 4.04. The first-order valence-corrected chi connectivity index (χ1v) is 10.4. The highest BCUT2D eigenvalue weighted by molar-refractivity contribution is 7.99. The van der Waals surface area contributed by atoms with Gasteiger partial charge in [0, 0.05) is 36.5 Å². The largest absolute Gasteiger partial charge is 0.368 e. The molecule has 1 aliphatic rings. The molecule has 0 fully saturated rings. The van der Waals surface area contributed by atoms with Crippen molar-refractivity contribution in [1.29, 1.82) is 0 Å². The fourth-order valence-electron chi connectivity index (χ4n) is 2.91. The summed E-state index contributed by atoms with van der Waals surface area (Å²) in [6.07, 6.45) is 5.89. The van der Waals surface area contributed by atoms with Crippen LogP contribution in [0.1, 0.15) is 29.8 Å². The number of fused-ring (bicyclic) bond motifs is 1. The van der Waals surface area contributed by atoms with E-state index in [0.717, 1.165) is 17.0 Å². The van der Waals surface area contributed by atoms with Gasteiger partial charge in [0.15, 0.2) is 0 Å². The van der Waals surface area contributed by atoms with Crippen LogP contribution >= 0.6 is 11.8 Å². The van der Waals surface area contributed by atoms with Gasteiger partial charge in [0.05, 0.1) is 29.2 Å². The number of pyridine rings is 2. The van der Waals surface area contributed by atoms with Crippen LogP contribution in [0.4, 0.5) is 20.8 Å². The van der Waals surface area contributed by atoms with Gasteiger partial charge in [-0.1, -0.05) is 11.8 Å². The maximum atomic E-state index is 13.1. The zero-order valence-electron chi connectivity index (χ0n) is 16.5. The van der Waals surface area contributed by atoms with E-state index in [1.807, 2.05) is 6.07 Å². The highest BCUT2D eigenvalue weighted by atomic mass is 32.2. The van der Waals surface area contributed by atoms with E-state index in [-0.39, 0.29) is 18.0 Å². The number of carbonyl (C=O) groups is 1. The Hall–Kier alpha value is -3.71. The summed E-state index contributed by atoms with van der Waals surface area (Å²) in [5.74, 6) is 6.47. The second-order valence-corrected chi connectivity index (χ2v) is 7.78. The molecule has 0 aromatic carbocycles. The van der Waals surface area contributed by atoms with Crippen LogP contribution in [0.25, 0.3) is 0 Å². The van der Waals surface area contributed by atoms with Gasteiger partial charge in [-0.2, -0.15) is 0 Å². The summed E-state index contributed by atoms with van der Waals surface area (Å²) in [5.41, 5.74) is 8.03. The number of aromatic nitrogens is 4. The minimum Gasteiger partial charge on any atom is -0.368 e. The van der Waals surface area contributed by atoms with Crippen molar-refractivity contribution in [1.82, 2.24) is 25.3 Å². The number of urea groups is 1. The average molecular weight is 435 g/mol. The van der Waals surface area contributed by atoms with Gasteiger partial charge < -0.3 is 11.1 Å². The van der Waals surface area contributed by atoms with Crippen LogP contribution < -0.4 is 16.0 Å². The molecule has 0 spiro atoms. The topological polar surface area (TPSA) is 110 Å². The summed E-state index contributed by atoms with van der Waals surface area (Å²) in [5, 5.41) is 3.67. The Balaban J connectivity index is 1.53. The molecule has 2 amide bonds. The third kappa shape index (κ3) is 4.90. The van der Waals surface area contributed by atoms with Crippen LogP contribution in [0.15, 0.2) is 48.0 Å². The molecule has 10 heteroatoms. The van der Waals surface area contributed by atoms with Crippen molar-refractivity contribution in [3.05, 3.63) is 65.6 Å². The van der Waals surface area contributed by atoms with Crippen LogP contribution in [0.5, 0.6) is 0 Å². The van der Waals surface area contributed by atoms with Crippen molar-refractivity contribution in [3.8, 4) is 11.8 Å². The molecule has 156 valence electrons.